The van der Waals surface area contributed by atoms with E-state index in [1.165, 1.54) is 6.26 Å². The molecule has 0 heterocycles. The first-order valence-corrected chi connectivity index (χ1v) is 11.9. The molecule has 1 aromatic carbocycles. The molecule has 0 aliphatic rings. The van der Waals surface area contributed by atoms with Gasteiger partial charge in [0, 0.05) is 38.0 Å². The van der Waals surface area contributed by atoms with Gasteiger partial charge in [0.2, 0.25) is 0 Å². The Bertz CT molecular complexity index is 703. The molecule has 1 aromatic rings. The number of aliphatic imine (C=N–C) groups is 1. The summed E-state index contributed by atoms with van der Waals surface area (Å²) in [5.74, 6) is 1.66. The highest BCUT2D eigenvalue weighted by Gasteiger charge is 2.10. The van der Waals surface area contributed by atoms with Gasteiger partial charge in [-0.3, -0.25) is 4.99 Å². The van der Waals surface area contributed by atoms with Crippen molar-refractivity contribution in [3.8, 4) is 5.75 Å². The van der Waals surface area contributed by atoms with Crippen molar-refractivity contribution in [2.45, 2.75) is 39.8 Å². The molecule has 28 heavy (non-hydrogen) atoms. The second-order valence-corrected chi connectivity index (χ2v) is 9.13. The molecule has 0 aliphatic heterocycles. The van der Waals surface area contributed by atoms with E-state index in [2.05, 4.69) is 34.4 Å². The molecule has 0 spiro atoms. The van der Waals surface area contributed by atoms with Gasteiger partial charge in [-0.2, -0.15) is 0 Å². The fourth-order valence-corrected chi connectivity index (χ4v) is 3.47. The SMILES string of the molecule is CCN(CC)CCOc1ccccc1CNC(=NC)NC(C)CCS(C)(=O)=O. The predicted octanol–water partition coefficient (Wildman–Crippen LogP) is 1.90. The maximum absolute atomic E-state index is 11.3. The molecule has 1 atom stereocenters. The summed E-state index contributed by atoms with van der Waals surface area (Å²) >= 11 is 0. The second kappa shape index (κ2) is 12.6. The van der Waals surface area contributed by atoms with Crippen molar-refractivity contribution >= 4 is 15.8 Å². The number of guanidine groups is 1. The Hall–Kier alpha value is -1.80. The van der Waals surface area contributed by atoms with Crippen molar-refractivity contribution in [1.29, 1.82) is 0 Å². The summed E-state index contributed by atoms with van der Waals surface area (Å²) in [6.45, 7) is 10.4. The van der Waals surface area contributed by atoms with Crippen LogP contribution in [0.3, 0.4) is 0 Å². The summed E-state index contributed by atoms with van der Waals surface area (Å²) in [6.07, 6.45) is 1.79. The lowest BCUT2D eigenvalue weighted by Gasteiger charge is -2.20. The van der Waals surface area contributed by atoms with Crippen LogP contribution in [-0.2, 0) is 16.4 Å². The fourth-order valence-electron chi connectivity index (χ4n) is 2.69. The zero-order valence-electron chi connectivity index (χ0n) is 17.9. The van der Waals surface area contributed by atoms with E-state index in [9.17, 15) is 8.42 Å². The molecule has 0 radical (unpaired) electrons. The molecule has 0 fully saturated rings. The molecule has 2 N–H and O–H groups in total. The highest BCUT2D eigenvalue weighted by molar-refractivity contribution is 7.90. The van der Waals surface area contributed by atoms with Crippen LogP contribution in [-0.4, -0.2) is 70.6 Å². The summed E-state index contributed by atoms with van der Waals surface area (Å²) < 4.78 is 28.6. The van der Waals surface area contributed by atoms with Crippen LogP contribution in [0.2, 0.25) is 0 Å². The number of likely N-dealkylation sites (N-methyl/N-ethyl adjacent to an activating group) is 1. The molecule has 1 unspecified atom stereocenters. The first-order valence-electron chi connectivity index (χ1n) is 9.87. The summed E-state index contributed by atoms with van der Waals surface area (Å²) in [6, 6.07) is 7.96. The fraction of sp³-hybridized carbons (Fsp3) is 0.650. The van der Waals surface area contributed by atoms with Crippen molar-refractivity contribution in [3.63, 3.8) is 0 Å². The van der Waals surface area contributed by atoms with Gasteiger partial charge >= 0.3 is 0 Å². The lowest BCUT2D eigenvalue weighted by molar-refractivity contribution is 0.221. The maximum Gasteiger partial charge on any atom is 0.191 e. The topological polar surface area (TPSA) is 83.0 Å². The molecule has 0 aliphatic carbocycles. The third-order valence-corrected chi connectivity index (χ3v) is 5.48. The molecule has 1 rings (SSSR count). The van der Waals surface area contributed by atoms with Crippen LogP contribution in [0.1, 0.15) is 32.8 Å². The Morgan fingerprint density at radius 2 is 1.93 bits per heavy atom. The van der Waals surface area contributed by atoms with E-state index in [4.69, 9.17) is 4.74 Å². The Balaban J connectivity index is 2.56. The van der Waals surface area contributed by atoms with Gasteiger partial charge < -0.3 is 20.3 Å². The van der Waals surface area contributed by atoms with Crippen LogP contribution in [0.4, 0.5) is 0 Å². The van der Waals surface area contributed by atoms with E-state index in [1.807, 2.05) is 31.2 Å². The number of ether oxygens (including phenoxy) is 1. The summed E-state index contributed by atoms with van der Waals surface area (Å²) in [7, 11) is -1.26. The molecule has 0 bridgehead atoms. The van der Waals surface area contributed by atoms with Gasteiger partial charge in [0.25, 0.3) is 0 Å². The molecule has 8 heteroatoms. The minimum absolute atomic E-state index is 0.00138. The number of rotatable bonds is 12. The van der Waals surface area contributed by atoms with E-state index < -0.39 is 9.84 Å². The third kappa shape index (κ3) is 9.94. The Labute approximate surface area is 170 Å². The quantitative estimate of drug-likeness (QED) is 0.403. The number of hydrogen-bond acceptors (Lipinski definition) is 5. The van der Waals surface area contributed by atoms with Crippen molar-refractivity contribution in [2.24, 2.45) is 4.99 Å². The largest absolute Gasteiger partial charge is 0.492 e. The maximum atomic E-state index is 11.3. The van der Waals surface area contributed by atoms with E-state index in [-0.39, 0.29) is 11.8 Å². The van der Waals surface area contributed by atoms with E-state index in [0.29, 0.717) is 25.5 Å². The van der Waals surface area contributed by atoms with E-state index in [1.54, 1.807) is 7.05 Å². The summed E-state index contributed by atoms with van der Waals surface area (Å²) in [4.78, 5) is 6.55. The van der Waals surface area contributed by atoms with Gasteiger partial charge in [-0.25, -0.2) is 8.42 Å². The number of sulfone groups is 1. The first-order chi connectivity index (χ1) is 13.3. The van der Waals surface area contributed by atoms with Crippen LogP contribution in [0.15, 0.2) is 29.3 Å². The highest BCUT2D eigenvalue weighted by atomic mass is 32.2. The van der Waals surface area contributed by atoms with Gasteiger partial charge in [0.05, 0.1) is 5.75 Å². The van der Waals surface area contributed by atoms with Crippen molar-refractivity contribution in [2.75, 3.05) is 45.3 Å². The Morgan fingerprint density at radius 1 is 1.25 bits per heavy atom. The Kier molecular flexibility index (Phi) is 10.9. The van der Waals surface area contributed by atoms with Gasteiger partial charge in [-0.05, 0) is 32.5 Å². The van der Waals surface area contributed by atoms with Crippen molar-refractivity contribution in [1.82, 2.24) is 15.5 Å². The van der Waals surface area contributed by atoms with Crippen LogP contribution >= 0.6 is 0 Å². The standard InChI is InChI=1S/C20H36N4O3S/c1-6-24(7-2)13-14-27-19-11-9-8-10-18(19)16-22-20(21-4)23-17(3)12-15-28(5,25)26/h8-11,17H,6-7,12-16H2,1-5H3,(H2,21,22,23). The third-order valence-electron chi connectivity index (χ3n) is 4.51. The molecular weight excluding hydrogens is 376 g/mol. The van der Waals surface area contributed by atoms with Gasteiger partial charge in [0.1, 0.15) is 22.2 Å². The number of nitrogens with zero attached hydrogens (tertiary/aromatic N) is 2. The first kappa shape index (κ1) is 24.2. The normalized spacial score (nSPS) is 13.4. The lowest BCUT2D eigenvalue weighted by atomic mass is 10.2. The summed E-state index contributed by atoms with van der Waals surface area (Å²) in [5, 5.41) is 6.50. The predicted molar refractivity (Wildman–Crippen MR) is 117 cm³/mol. The number of para-hydroxylation sites is 1. The second-order valence-electron chi connectivity index (χ2n) is 6.87. The van der Waals surface area contributed by atoms with Gasteiger partial charge in [-0.15, -0.1) is 0 Å². The minimum atomic E-state index is -2.96. The average Bonchev–Trinajstić information content (AvgIpc) is 2.67. The monoisotopic (exact) mass is 412 g/mol. The molecule has 7 nitrogen and oxygen atoms in total. The minimum Gasteiger partial charge on any atom is -0.492 e. The number of hydrogen-bond donors (Lipinski definition) is 2. The smallest absolute Gasteiger partial charge is 0.191 e. The summed E-state index contributed by atoms with van der Waals surface area (Å²) in [5.41, 5.74) is 1.05. The lowest BCUT2D eigenvalue weighted by Crippen LogP contribution is -2.42. The van der Waals surface area contributed by atoms with Crippen molar-refractivity contribution < 1.29 is 13.2 Å². The van der Waals surface area contributed by atoms with Crippen LogP contribution < -0.4 is 15.4 Å². The Morgan fingerprint density at radius 3 is 2.54 bits per heavy atom. The number of nitrogens with one attached hydrogen (secondary N) is 2. The van der Waals surface area contributed by atoms with Crippen LogP contribution in [0.25, 0.3) is 0 Å². The van der Waals surface area contributed by atoms with Gasteiger partial charge in [0.15, 0.2) is 5.96 Å². The van der Waals surface area contributed by atoms with E-state index >= 15 is 0 Å². The number of benzene rings is 1. The van der Waals surface area contributed by atoms with Crippen LogP contribution in [0.5, 0.6) is 5.75 Å². The highest BCUT2D eigenvalue weighted by Crippen LogP contribution is 2.17. The molecule has 0 amide bonds. The molecule has 160 valence electrons. The molecular formula is C20H36N4O3S. The zero-order chi connectivity index (χ0) is 21.0. The van der Waals surface area contributed by atoms with Gasteiger partial charge in [-0.1, -0.05) is 32.0 Å². The van der Waals surface area contributed by atoms with E-state index in [0.717, 1.165) is 30.9 Å². The van der Waals surface area contributed by atoms with Crippen molar-refractivity contribution in [3.05, 3.63) is 29.8 Å². The average molecular weight is 413 g/mol. The molecule has 0 saturated carbocycles. The molecule has 0 saturated heterocycles. The molecule has 0 aromatic heterocycles. The van der Waals surface area contributed by atoms with Crippen LogP contribution in [0, 0.1) is 0 Å². The zero-order valence-corrected chi connectivity index (χ0v) is 18.7.